The molecule has 5 heteroatoms. The summed E-state index contributed by atoms with van der Waals surface area (Å²) in [4.78, 5) is 14.4. The molecule has 0 radical (unpaired) electrons. The van der Waals surface area contributed by atoms with Gasteiger partial charge in [0.1, 0.15) is 5.82 Å². The Morgan fingerprint density at radius 3 is 3.05 bits per heavy atom. The van der Waals surface area contributed by atoms with E-state index in [0.717, 1.165) is 24.3 Å². The molecule has 2 aromatic rings. The topological polar surface area (TPSA) is 61.0 Å². The third-order valence-corrected chi connectivity index (χ3v) is 4.76. The summed E-state index contributed by atoms with van der Waals surface area (Å²) < 4.78 is 0. The van der Waals surface area contributed by atoms with E-state index in [1.165, 1.54) is 16.8 Å². The summed E-state index contributed by atoms with van der Waals surface area (Å²) in [7, 11) is 0. The average molecular weight is 296 g/mol. The summed E-state index contributed by atoms with van der Waals surface area (Å²) in [5, 5.41) is 9.79. The number of aromatic amines is 1. The van der Waals surface area contributed by atoms with Gasteiger partial charge in [-0.3, -0.25) is 9.89 Å². The fraction of sp³-hybridized carbons (Fsp3) is 0.412. The highest BCUT2D eigenvalue weighted by atomic mass is 16.1. The fourth-order valence-corrected chi connectivity index (χ4v) is 3.64. The highest BCUT2D eigenvalue weighted by molar-refractivity contribution is 5.94. The highest BCUT2D eigenvalue weighted by Gasteiger charge is 2.29. The van der Waals surface area contributed by atoms with Crippen molar-refractivity contribution >= 4 is 17.4 Å². The van der Waals surface area contributed by atoms with Gasteiger partial charge >= 0.3 is 0 Å². The van der Waals surface area contributed by atoms with Gasteiger partial charge in [-0.25, -0.2) is 0 Å². The Balaban J connectivity index is 1.72. The Bertz CT molecular complexity index is 734. The molecule has 0 saturated carbocycles. The van der Waals surface area contributed by atoms with Crippen LogP contribution in [0.15, 0.2) is 24.4 Å². The number of carbonyl (C=O) groups excluding carboxylic acids is 1. The molecule has 1 atom stereocenters. The van der Waals surface area contributed by atoms with Gasteiger partial charge in [-0.2, -0.15) is 5.10 Å². The number of amides is 1. The van der Waals surface area contributed by atoms with Gasteiger partial charge in [0.15, 0.2) is 0 Å². The third-order valence-electron chi connectivity index (χ3n) is 4.76. The summed E-state index contributed by atoms with van der Waals surface area (Å²) in [6, 6.07) is 7.18. The second kappa shape index (κ2) is 4.87. The SMILES string of the molecule is CC(C)N1CCc2cc([C@H]3CC(=O)Nc4[nH]ncc43)ccc21. The number of hydrogen-bond acceptors (Lipinski definition) is 3. The largest absolute Gasteiger partial charge is 0.369 e. The van der Waals surface area contributed by atoms with E-state index in [4.69, 9.17) is 0 Å². The van der Waals surface area contributed by atoms with E-state index < -0.39 is 0 Å². The maximum atomic E-state index is 11.9. The first-order valence-electron chi connectivity index (χ1n) is 7.86. The monoisotopic (exact) mass is 296 g/mol. The van der Waals surface area contributed by atoms with Crippen molar-refractivity contribution in [2.45, 2.75) is 38.6 Å². The van der Waals surface area contributed by atoms with E-state index in [-0.39, 0.29) is 11.8 Å². The van der Waals surface area contributed by atoms with Crippen LogP contribution in [0.3, 0.4) is 0 Å². The van der Waals surface area contributed by atoms with Gasteiger partial charge in [0, 0.05) is 36.2 Å². The van der Waals surface area contributed by atoms with Crippen LogP contribution in [0, 0.1) is 0 Å². The van der Waals surface area contributed by atoms with Crippen molar-refractivity contribution in [3.63, 3.8) is 0 Å². The van der Waals surface area contributed by atoms with Crippen molar-refractivity contribution in [2.24, 2.45) is 0 Å². The summed E-state index contributed by atoms with van der Waals surface area (Å²) >= 11 is 0. The van der Waals surface area contributed by atoms with E-state index in [1.807, 2.05) is 6.20 Å². The van der Waals surface area contributed by atoms with E-state index in [2.05, 4.69) is 52.5 Å². The van der Waals surface area contributed by atoms with Crippen LogP contribution in [-0.2, 0) is 11.2 Å². The number of benzene rings is 1. The summed E-state index contributed by atoms with van der Waals surface area (Å²) in [5.74, 6) is 0.887. The predicted molar refractivity (Wildman–Crippen MR) is 86.3 cm³/mol. The minimum Gasteiger partial charge on any atom is -0.369 e. The minimum absolute atomic E-state index is 0.0473. The molecule has 0 aliphatic carbocycles. The summed E-state index contributed by atoms with van der Waals surface area (Å²) in [6.07, 6.45) is 3.39. The van der Waals surface area contributed by atoms with E-state index >= 15 is 0 Å². The summed E-state index contributed by atoms with van der Waals surface area (Å²) in [6.45, 7) is 5.54. The first kappa shape index (κ1) is 13.4. The lowest BCUT2D eigenvalue weighted by molar-refractivity contribution is -0.116. The Morgan fingerprint density at radius 2 is 2.23 bits per heavy atom. The van der Waals surface area contributed by atoms with E-state index in [1.54, 1.807) is 0 Å². The molecule has 22 heavy (non-hydrogen) atoms. The molecular weight excluding hydrogens is 276 g/mol. The Hall–Kier alpha value is -2.30. The van der Waals surface area contributed by atoms with Crippen LogP contribution in [-0.4, -0.2) is 28.7 Å². The molecule has 1 aromatic heterocycles. The number of H-pyrrole nitrogens is 1. The molecule has 1 amide bonds. The molecular formula is C17H20N4O. The van der Waals surface area contributed by atoms with Crippen LogP contribution in [0.25, 0.3) is 0 Å². The van der Waals surface area contributed by atoms with Crippen LogP contribution >= 0.6 is 0 Å². The number of hydrogen-bond donors (Lipinski definition) is 2. The molecule has 0 saturated heterocycles. The van der Waals surface area contributed by atoms with Crippen LogP contribution in [0.2, 0.25) is 0 Å². The second-order valence-electron chi connectivity index (χ2n) is 6.43. The number of carbonyl (C=O) groups is 1. The van der Waals surface area contributed by atoms with Gasteiger partial charge in [-0.05, 0) is 37.5 Å². The molecule has 0 bridgehead atoms. The molecule has 0 fully saturated rings. The maximum absolute atomic E-state index is 11.9. The van der Waals surface area contributed by atoms with Crippen molar-refractivity contribution < 1.29 is 4.79 Å². The van der Waals surface area contributed by atoms with E-state index in [9.17, 15) is 4.79 Å². The number of nitrogens with one attached hydrogen (secondary N) is 2. The first-order chi connectivity index (χ1) is 10.6. The van der Waals surface area contributed by atoms with Crippen molar-refractivity contribution in [1.82, 2.24) is 10.2 Å². The van der Waals surface area contributed by atoms with Gasteiger partial charge in [0.2, 0.25) is 5.91 Å². The lowest BCUT2D eigenvalue weighted by Crippen LogP contribution is -2.28. The fourth-order valence-electron chi connectivity index (χ4n) is 3.64. The van der Waals surface area contributed by atoms with Crippen LogP contribution in [0.5, 0.6) is 0 Å². The molecule has 1 aromatic carbocycles. The minimum atomic E-state index is 0.0473. The van der Waals surface area contributed by atoms with Crippen molar-refractivity contribution in [2.75, 3.05) is 16.8 Å². The number of aromatic nitrogens is 2. The lowest BCUT2D eigenvalue weighted by atomic mass is 9.86. The molecule has 2 aliphatic rings. The molecule has 0 spiro atoms. The maximum Gasteiger partial charge on any atom is 0.226 e. The van der Waals surface area contributed by atoms with Gasteiger partial charge in [0.05, 0.1) is 6.20 Å². The van der Waals surface area contributed by atoms with Crippen molar-refractivity contribution in [3.05, 3.63) is 41.1 Å². The Kier molecular flexibility index (Phi) is 2.96. The Labute approximate surface area is 129 Å². The van der Waals surface area contributed by atoms with Crippen molar-refractivity contribution in [3.8, 4) is 0 Å². The third kappa shape index (κ3) is 2.00. The van der Waals surface area contributed by atoms with Crippen LogP contribution < -0.4 is 10.2 Å². The molecule has 0 unspecified atom stereocenters. The molecule has 5 nitrogen and oxygen atoms in total. The number of fused-ring (bicyclic) bond motifs is 2. The lowest BCUT2D eigenvalue weighted by Gasteiger charge is -2.25. The zero-order valence-electron chi connectivity index (χ0n) is 12.9. The van der Waals surface area contributed by atoms with Gasteiger partial charge in [-0.15, -0.1) is 0 Å². The summed E-state index contributed by atoms with van der Waals surface area (Å²) in [5.41, 5.74) is 5.02. The van der Waals surface area contributed by atoms with Crippen molar-refractivity contribution in [1.29, 1.82) is 0 Å². The standard InChI is InChI=1S/C17H20N4O/c1-10(2)21-6-5-12-7-11(3-4-15(12)21)13-8-16(22)19-17-14(13)9-18-20-17/h3-4,7,9-10,13H,5-6,8H2,1-2H3,(H2,18,19,20,22)/t13-/m1/s1. The molecule has 114 valence electrons. The Morgan fingerprint density at radius 1 is 1.36 bits per heavy atom. The molecule has 2 N–H and O–H groups in total. The first-order valence-corrected chi connectivity index (χ1v) is 7.86. The number of rotatable bonds is 2. The second-order valence-corrected chi connectivity index (χ2v) is 6.43. The van der Waals surface area contributed by atoms with Gasteiger partial charge in [0.25, 0.3) is 0 Å². The van der Waals surface area contributed by atoms with E-state index in [0.29, 0.717) is 12.5 Å². The van der Waals surface area contributed by atoms with Crippen LogP contribution in [0.4, 0.5) is 11.5 Å². The van der Waals surface area contributed by atoms with Crippen LogP contribution in [0.1, 0.15) is 42.9 Å². The smallest absolute Gasteiger partial charge is 0.226 e. The molecule has 3 heterocycles. The van der Waals surface area contributed by atoms with Gasteiger partial charge < -0.3 is 10.2 Å². The normalized spacial score (nSPS) is 20.0. The quantitative estimate of drug-likeness (QED) is 0.895. The number of anilines is 2. The zero-order chi connectivity index (χ0) is 15.3. The average Bonchev–Trinajstić information content (AvgIpc) is 3.11. The van der Waals surface area contributed by atoms with Gasteiger partial charge in [-0.1, -0.05) is 12.1 Å². The zero-order valence-corrected chi connectivity index (χ0v) is 12.9. The number of nitrogens with zero attached hydrogens (tertiary/aromatic N) is 2. The molecule has 4 rings (SSSR count). The highest BCUT2D eigenvalue weighted by Crippen LogP contribution is 2.39. The molecule has 2 aliphatic heterocycles. The predicted octanol–water partition coefficient (Wildman–Crippen LogP) is 2.65.